The van der Waals surface area contributed by atoms with Crippen LogP contribution in [0.2, 0.25) is 0 Å². The first-order valence-corrected chi connectivity index (χ1v) is 7.03. The summed E-state index contributed by atoms with van der Waals surface area (Å²) in [5.74, 6) is 0.630. The van der Waals surface area contributed by atoms with Gasteiger partial charge in [-0.2, -0.15) is 0 Å². The SMILES string of the molecule is O=C(NCc1ccco1)c1cccc2c(Br)cccc12. The first kappa shape index (κ1) is 12.9. The van der Waals surface area contributed by atoms with Crippen molar-refractivity contribution in [3.8, 4) is 0 Å². The molecule has 1 amide bonds. The standard InChI is InChI=1S/C16H12BrNO2/c17-15-8-2-5-12-13(15)6-1-7-14(12)16(19)18-10-11-4-3-9-20-11/h1-9H,10H2,(H,18,19). The van der Waals surface area contributed by atoms with Gasteiger partial charge in [-0.15, -0.1) is 0 Å². The minimum atomic E-state index is -0.106. The zero-order chi connectivity index (χ0) is 13.9. The Kier molecular flexibility index (Phi) is 3.56. The summed E-state index contributed by atoms with van der Waals surface area (Å²) < 4.78 is 6.19. The van der Waals surface area contributed by atoms with Crippen LogP contribution in [0.3, 0.4) is 0 Å². The third-order valence-electron chi connectivity index (χ3n) is 3.12. The van der Waals surface area contributed by atoms with Crippen molar-refractivity contribution >= 4 is 32.6 Å². The van der Waals surface area contributed by atoms with E-state index in [4.69, 9.17) is 4.42 Å². The number of hydrogen-bond donors (Lipinski definition) is 1. The van der Waals surface area contributed by atoms with E-state index in [0.29, 0.717) is 12.1 Å². The Labute approximate surface area is 124 Å². The normalized spacial score (nSPS) is 10.7. The van der Waals surface area contributed by atoms with Crippen molar-refractivity contribution in [2.24, 2.45) is 0 Å². The summed E-state index contributed by atoms with van der Waals surface area (Å²) in [6.07, 6.45) is 1.59. The minimum absolute atomic E-state index is 0.106. The number of carbonyl (C=O) groups excluding carboxylic acids is 1. The van der Waals surface area contributed by atoms with Gasteiger partial charge in [0.1, 0.15) is 5.76 Å². The lowest BCUT2D eigenvalue weighted by atomic mass is 10.0. The average molecular weight is 330 g/mol. The molecule has 0 unspecified atom stereocenters. The van der Waals surface area contributed by atoms with Crippen molar-refractivity contribution in [1.82, 2.24) is 5.32 Å². The number of nitrogens with one attached hydrogen (secondary N) is 1. The summed E-state index contributed by atoms with van der Waals surface area (Å²) in [5.41, 5.74) is 0.662. The summed E-state index contributed by atoms with van der Waals surface area (Å²) in [4.78, 5) is 12.3. The fraction of sp³-hybridized carbons (Fsp3) is 0.0625. The molecule has 0 saturated carbocycles. The van der Waals surface area contributed by atoms with Crippen LogP contribution in [0.1, 0.15) is 16.1 Å². The third-order valence-corrected chi connectivity index (χ3v) is 3.81. The highest BCUT2D eigenvalue weighted by molar-refractivity contribution is 9.10. The Morgan fingerprint density at radius 2 is 1.85 bits per heavy atom. The molecule has 0 atom stereocenters. The lowest BCUT2D eigenvalue weighted by Gasteiger charge is -2.08. The monoisotopic (exact) mass is 329 g/mol. The Balaban J connectivity index is 1.90. The highest BCUT2D eigenvalue weighted by atomic mass is 79.9. The smallest absolute Gasteiger partial charge is 0.252 e. The van der Waals surface area contributed by atoms with E-state index < -0.39 is 0 Å². The number of furan rings is 1. The molecule has 0 aliphatic carbocycles. The summed E-state index contributed by atoms with van der Waals surface area (Å²) in [6, 6.07) is 15.2. The van der Waals surface area contributed by atoms with Gasteiger partial charge < -0.3 is 9.73 Å². The lowest BCUT2D eigenvalue weighted by Crippen LogP contribution is -2.22. The van der Waals surface area contributed by atoms with E-state index in [0.717, 1.165) is 21.0 Å². The van der Waals surface area contributed by atoms with Gasteiger partial charge >= 0.3 is 0 Å². The number of benzene rings is 2. The van der Waals surface area contributed by atoms with Gasteiger partial charge in [-0.3, -0.25) is 4.79 Å². The van der Waals surface area contributed by atoms with Crippen molar-refractivity contribution in [3.05, 3.63) is 70.6 Å². The zero-order valence-electron chi connectivity index (χ0n) is 10.6. The minimum Gasteiger partial charge on any atom is -0.467 e. The van der Waals surface area contributed by atoms with Gasteiger partial charge in [0.05, 0.1) is 12.8 Å². The highest BCUT2D eigenvalue weighted by Gasteiger charge is 2.11. The Morgan fingerprint density at radius 1 is 1.05 bits per heavy atom. The maximum atomic E-state index is 12.3. The predicted octanol–water partition coefficient (Wildman–Crippen LogP) is 4.13. The quantitative estimate of drug-likeness (QED) is 0.785. The van der Waals surface area contributed by atoms with Crippen LogP contribution in [-0.2, 0) is 6.54 Å². The molecule has 1 aromatic heterocycles. The first-order valence-electron chi connectivity index (χ1n) is 6.23. The molecule has 3 rings (SSSR count). The lowest BCUT2D eigenvalue weighted by molar-refractivity contribution is 0.0949. The largest absolute Gasteiger partial charge is 0.467 e. The first-order chi connectivity index (χ1) is 9.75. The van der Waals surface area contributed by atoms with Gasteiger partial charge in [0, 0.05) is 10.0 Å². The number of halogens is 1. The second-order valence-electron chi connectivity index (χ2n) is 4.40. The van der Waals surface area contributed by atoms with E-state index in [1.165, 1.54) is 0 Å². The summed E-state index contributed by atoms with van der Waals surface area (Å²) >= 11 is 3.50. The number of fused-ring (bicyclic) bond motifs is 1. The number of carbonyl (C=O) groups is 1. The molecule has 2 aromatic carbocycles. The maximum Gasteiger partial charge on any atom is 0.252 e. The van der Waals surface area contributed by atoms with E-state index in [1.807, 2.05) is 42.5 Å². The van der Waals surface area contributed by atoms with Gasteiger partial charge in [0.2, 0.25) is 0 Å². The molecular formula is C16H12BrNO2. The Hall–Kier alpha value is -2.07. The van der Waals surface area contributed by atoms with Crippen LogP contribution >= 0.6 is 15.9 Å². The molecule has 3 nitrogen and oxygen atoms in total. The van der Waals surface area contributed by atoms with Gasteiger partial charge in [-0.05, 0) is 35.0 Å². The van der Waals surface area contributed by atoms with Crippen LogP contribution in [0.25, 0.3) is 10.8 Å². The molecule has 3 aromatic rings. The molecule has 0 saturated heterocycles. The van der Waals surface area contributed by atoms with Crippen LogP contribution in [0.15, 0.2) is 63.7 Å². The van der Waals surface area contributed by atoms with Crippen molar-refractivity contribution in [2.45, 2.75) is 6.54 Å². The highest BCUT2D eigenvalue weighted by Crippen LogP contribution is 2.26. The van der Waals surface area contributed by atoms with E-state index in [-0.39, 0.29) is 5.91 Å². The van der Waals surface area contributed by atoms with Crippen molar-refractivity contribution in [1.29, 1.82) is 0 Å². The molecule has 1 heterocycles. The zero-order valence-corrected chi connectivity index (χ0v) is 12.2. The number of rotatable bonds is 3. The van der Waals surface area contributed by atoms with E-state index >= 15 is 0 Å². The van der Waals surface area contributed by atoms with Gasteiger partial charge in [0.25, 0.3) is 5.91 Å². The van der Waals surface area contributed by atoms with Crippen molar-refractivity contribution in [3.63, 3.8) is 0 Å². The van der Waals surface area contributed by atoms with Crippen molar-refractivity contribution < 1.29 is 9.21 Å². The molecule has 0 bridgehead atoms. The number of hydrogen-bond acceptors (Lipinski definition) is 2. The van der Waals surface area contributed by atoms with E-state index in [2.05, 4.69) is 21.2 Å². The van der Waals surface area contributed by atoms with Crippen LogP contribution in [0, 0.1) is 0 Å². The molecule has 1 N–H and O–H groups in total. The molecule has 4 heteroatoms. The average Bonchev–Trinajstić information content (AvgIpc) is 2.98. The molecule has 0 aliphatic heterocycles. The summed E-state index contributed by atoms with van der Waals surface area (Å²) in [7, 11) is 0. The van der Waals surface area contributed by atoms with E-state index in [1.54, 1.807) is 12.3 Å². The fourth-order valence-corrected chi connectivity index (χ4v) is 2.64. The summed E-state index contributed by atoms with van der Waals surface area (Å²) in [6.45, 7) is 0.385. The van der Waals surface area contributed by atoms with E-state index in [9.17, 15) is 4.79 Å². The van der Waals surface area contributed by atoms with Gasteiger partial charge in [-0.1, -0.05) is 40.2 Å². The molecule has 20 heavy (non-hydrogen) atoms. The second-order valence-corrected chi connectivity index (χ2v) is 5.26. The predicted molar refractivity (Wildman–Crippen MR) is 81.5 cm³/mol. The second kappa shape index (κ2) is 5.51. The maximum absolute atomic E-state index is 12.3. The van der Waals surface area contributed by atoms with Gasteiger partial charge in [-0.25, -0.2) is 0 Å². The Bertz CT molecular complexity index is 750. The van der Waals surface area contributed by atoms with Gasteiger partial charge in [0.15, 0.2) is 0 Å². The topological polar surface area (TPSA) is 42.2 Å². The molecular weight excluding hydrogens is 318 g/mol. The van der Waals surface area contributed by atoms with Crippen LogP contribution < -0.4 is 5.32 Å². The summed E-state index contributed by atoms with van der Waals surface area (Å²) in [5, 5.41) is 4.82. The van der Waals surface area contributed by atoms with Crippen LogP contribution in [0.4, 0.5) is 0 Å². The molecule has 0 fully saturated rings. The molecule has 0 aliphatic rings. The number of amides is 1. The van der Waals surface area contributed by atoms with Crippen LogP contribution in [0.5, 0.6) is 0 Å². The molecule has 0 radical (unpaired) electrons. The molecule has 0 spiro atoms. The van der Waals surface area contributed by atoms with Crippen LogP contribution in [-0.4, -0.2) is 5.91 Å². The third kappa shape index (κ3) is 2.47. The fourth-order valence-electron chi connectivity index (χ4n) is 2.15. The van der Waals surface area contributed by atoms with Crippen molar-refractivity contribution in [2.75, 3.05) is 0 Å². The Morgan fingerprint density at radius 3 is 2.65 bits per heavy atom. The molecule has 100 valence electrons.